The first-order chi connectivity index (χ1) is 9.49. The Kier molecular flexibility index (Phi) is 3.98. The van der Waals surface area contributed by atoms with Crippen LogP contribution in [0.1, 0.15) is 15.9 Å². The highest BCUT2D eigenvalue weighted by Gasteiger charge is 2.16. The molecular formula is C15H14F2N2O. The number of halogens is 2. The summed E-state index contributed by atoms with van der Waals surface area (Å²) in [4.78, 5) is 13.5. The smallest absolute Gasteiger partial charge is 0.256 e. The molecule has 2 aromatic rings. The quantitative estimate of drug-likeness (QED) is 0.876. The number of hydrogen-bond donors (Lipinski definition) is 1. The van der Waals surface area contributed by atoms with Gasteiger partial charge in [0.25, 0.3) is 5.91 Å². The van der Waals surface area contributed by atoms with Gasteiger partial charge in [0.2, 0.25) is 0 Å². The SMILES string of the molecule is CN(Cc1ccccc1F)C(=O)c1cc(F)ccc1N. The molecule has 0 unspecified atom stereocenters. The van der Waals surface area contributed by atoms with Gasteiger partial charge in [-0.3, -0.25) is 4.79 Å². The van der Waals surface area contributed by atoms with Gasteiger partial charge in [-0.1, -0.05) is 18.2 Å². The van der Waals surface area contributed by atoms with Crippen molar-refractivity contribution < 1.29 is 13.6 Å². The van der Waals surface area contributed by atoms with Crippen LogP contribution in [-0.4, -0.2) is 17.9 Å². The molecule has 0 aliphatic carbocycles. The summed E-state index contributed by atoms with van der Waals surface area (Å²) in [5.74, 6) is -1.38. The van der Waals surface area contributed by atoms with Crippen LogP contribution in [0.2, 0.25) is 0 Å². The van der Waals surface area contributed by atoms with E-state index in [9.17, 15) is 13.6 Å². The second-order valence-electron chi connectivity index (χ2n) is 4.48. The van der Waals surface area contributed by atoms with Gasteiger partial charge in [-0.25, -0.2) is 8.78 Å². The van der Waals surface area contributed by atoms with Gasteiger partial charge in [-0.05, 0) is 24.3 Å². The highest BCUT2D eigenvalue weighted by atomic mass is 19.1. The van der Waals surface area contributed by atoms with Crippen LogP contribution in [0.5, 0.6) is 0 Å². The lowest BCUT2D eigenvalue weighted by atomic mass is 10.1. The Labute approximate surface area is 115 Å². The predicted octanol–water partition coefficient (Wildman–Crippen LogP) is 2.82. The molecule has 2 aromatic carbocycles. The lowest BCUT2D eigenvalue weighted by Gasteiger charge is -2.18. The van der Waals surface area contributed by atoms with Crippen molar-refractivity contribution in [3.8, 4) is 0 Å². The Morgan fingerprint density at radius 1 is 1.20 bits per heavy atom. The second kappa shape index (κ2) is 5.69. The zero-order valence-corrected chi connectivity index (χ0v) is 10.9. The largest absolute Gasteiger partial charge is 0.398 e. The van der Waals surface area contributed by atoms with Gasteiger partial charge in [0.1, 0.15) is 11.6 Å². The van der Waals surface area contributed by atoms with Gasteiger partial charge in [0.05, 0.1) is 5.56 Å². The Bertz CT molecular complexity index is 644. The number of amides is 1. The first-order valence-electron chi connectivity index (χ1n) is 6.03. The summed E-state index contributed by atoms with van der Waals surface area (Å²) in [7, 11) is 1.51. The Morgan fingerprint density at radius 2 is 1.90 bits per heavy atom. The molecule has 0 aliphatic rings. The third kappa shape index (κ3) is 2.93. The van der Waals surface area contributed by atoms with Crippen LogP contribution in [0.15, 0.2) is 42.5 Å². The van der Waals surface area contributed by atoms with Crippen LogP contribution in [-0.2, 0) is 6.54 Å². The molecule has 20 heavy (non-hydrogen) atoms. The fraction of sp³-hybridized carbons (Fsp3) is 0.133. The number of nitrogens with zero attached hydrogens (tertiary/aromatic N) is 1. The van der Waals surface area contributed by atoms with E-state index in [0.717, 1.165) is 6.07 Å². The lowest BCUT2D eigenvalue weighted by Crippen LogP contribution is -2.27. The minimum absolute atomic E-state index is 0.0730. The molecule has 104 valence electrons. The molecule has 0 saturated carbocycles. The minimum atomic E-state index is -0.540. The minimum Gasteiger partial charge on any atom is -0.398 e. The molecule has 0 aromatic heterocycles. The molecule has 5 heteroatoms. The van der Waals surface area contributed by atoms with Gasteiger partial charge in [-0.15, -0.1) is 0 Å². The predicted molar refractivity (Wildman–Crippen MR) is 73.0 cm³/mol. The maximum Gasteiger partial charge on any atom is 0.256 e. The molecule has 0 saturated heterocycles. The molecule has 0 fully saturated rings. The fourth-order valence-corrected chi connectivity index (χ4v) is 1.87. The number of carbonyl (C=O) groups excluding carboxylic acids is 1. The van der Waals surface area contributed by atoms with E-state index >= 15 is 0 Å². The van der Waals surface area contributed by atoms with E-state index < -0.39 is 11.7 Å². The molecule has 0 bridgehead atoms. The van der Waals surface area contributed by atoms with Crippen molar-refractivity contribution in [3.05, 3.63) is 65.2 Å². The van der Waals surface area contributed by atoms with Crippen LogP contribution in [0.25, 0.3) is 0 Å². The number of nitrogens with two attached hydrogens (primary N) is 1. The van der Waals surface area contributed by atoms with Crippen LogP contribution < -0.4 is 5.73 Å². The van der Waals surface area contributed by atoms with E-state index in [2.05, 4.69) is 0 Å². The van der Waals surface area contributed by atoms with Crippen LogP contribution in [0, 0.1) is 11.6 Å². The van der Waals surface area contributed by atoms with Crippen molar-refractivity contribution in [2.45, 2.75) is 6.54 Å². The summed E-state index contributed by atoms with van der Waals surface area (Å²) in [6, 6.07) is 9.77. The van der Waals surface area contributed by atoms with E-state index in [1.807, 2.05) is 0 Å². The van der Waals surface area contributed by atoms with Gasteiger partial charge in [0, 0.05) is 24.8 Å². The summed E-state index contributed by atoms with van der Waals surface area (Å²) in [6.45, 7) is 0.0848. The van der Waals surface area contributed by atoms with Gasteiger partial charge >= 0.3 is 0 Å². The number of benzene rings is 2. The molecule has 3 nitrogen and oxygen atoms in total. The number of nitrogen functional groups attached to an aromatic ring is 1. The first-order valence-corrected chi connectivity index (χ1v) is 6.03. The molecule has 0 aliphatic heterocycles. The van der Waals surface area contributed by atoms with Gasteiger partial charge in [0.15, 0.2) is 0 Å². The van der Waals surface area contributed by atoms with E-state index in [4.69, 9.17) is 5.73 Å². The average molecular weight is 276 g/mol. The topological polar surface area (TPSA) is 46.3 Å². The normalized spacial score (nSPS) is 10.3. The fourth-order valence-electron chi connectivity index (χ4n) is 1.87. The van der Waals surface area contributed by atoms with Crippen molar-refractivity contribution in [2.75, 3.05) is 12.8 Å². The summed E-state index contributed by atoms with van der Waals surface area (Å²) < 4.78 is 26.7. The summed E-state index contributed by atoms with van der Waals surface area (Å²) in [5.41, 5.74) is 6.32. The highest BCUT2D eigenvalue weighted by Crippen LogP contribution is 2.17. The standard InChI is InChI=1S/C15H14F2N2O/c1-19(9-10-4-2-3-5-13(10)17)15(20)12-8-11(16)6-7-14(12)18/h2-8H,9,18H2,1H3. The molecule has 2 N–H and O–H groups in total. The number of carbonyl (C=O) groups is 1. The van der Waals surface area contributed by atoms with Crippen molar-refractivity contribution >= 4 is 11.6 Å². The maximum absolute atomic E-state index is 13.5. The second-order valence-corrected chi connectivity index (χ2v) is 4.48. The number of anilines is 1. The summed E-state index contributed by atoms with van der Waals surface area (Å²) >= 11 is 0. The summed E-state index contributed by atoms with van der Waals surface area (Å²) in [5, 5.41) is 0. The molecule has 0 spiro atoms. The zero-order chi connectivity index (χ0) is 14.7. The van der Waals surface area contributed by atoms with E-state index in [0.29, 0.717) is 5.56 Å². The van der Waals surface area contributed by atoms with Crippen LogP contribution >= 0.6 is 0 Å². The van der Waals surface area contributed by atoms with Gasteiger partial charge in [-0.2, -0.15) is 0 Å². The molecular weight excluding hydrogens is 262 g/mol. The zero-order valence-electron chi connectivity index (χ0n) is 10.9. The molecule has 0 atom stereocenters. The highest BCUT2D eigenvalue weighted by molar-refractivity contribution is 5.98. The Morgan fingerprint density at radius 3 is 2.60 bits per heavy atom. The average Bonchev–Trinajstić information content (AvgIpc) is 2.43. The summed E-state index contributed by atoms with van der Waals surface area (Å²) in [6.07, 6.45) is 0. The maximum atomic E-state index is 13.5. The van der Waals surface area contributed by atoms with Crippen LogP contribution in [0.4, 0.5) is 14.5 Å². The molecule has 0 radical (unpaired) electrons. The Balaban J connectivity index is 2.21. The van der Waals surface area contributed by atoms with Crippen LogP contribution in [0.3, 0.4) is 0 Å². The number of rotatable bonds is 3. The van der Waals surface area contributed by atoms with E-state index in [-0.39, 0.29) is 23.6 Å². The third-order valence-electron chi connectivity index (χ3n) is 2.96. The molecule has 1 amide bonds. The van der Waals surface area contributed by atoms with E-state index in [1.54, 1.807) is 18.2 Å². The monoisotopic (exact) mass is 276 g/mol. The van der Waals surface area contributed by atoms with Crippen molar-refractivity contribution in [1.82, 2.24) is 4.90 Å². The molecule has 0 heterocycles. The third-order valence-corrected chi connectivity index (χ3v) is 2.96. The van der Waals surface area contributed by atoms with Crippen molar-refractivity contribution in [1.29, 1.82) is 0 Å². The van der Waals surface area contributed by atoms with Crippen molar-refractivity contribution in [2.24, 2.45) is 0 Å². The van der Waals surface area contributed by atoms with Crippen molar-refractivity contribution in [3.63, 3.8) is 0 Å². The first kappa shape index (κ1) is 14.0. The molecule has 2 rings (SSSR count). The van der Waals surface area contributed by atoms with E-state index in [1.165, 1.54) is 30.1 Å². The number of hydrogen-bond acceptors (Lipinski definition) is 2. The lowest BCUT2D eigenvalue weighted by molar-refractivity contribution is 0.0784. The van der Waals surface area contributed by atoms with Gasteiger partial charge < -0.3 is 10.6 Å². The Hall–Kier alpha value is -2.43.